The molecule has 2 aromatic rings. The summed E-state index contributed by atoms with van der Waals surface area (Å²) < 4.78 is 40.1. The quantitative estimate of drug-likeness (QED) is 0.550. The monoisotopic (exact) mass is 436 g/mol. The largest absolute Gasteiger partial charge is 0.416 e. The van der Waals surface area contributed by atoms with Gasteiger partial charge < -0.3 is 5.32 Å². The lowest BCUT2D eigenvalue weighted by Crippen LogP contribution is -2.35. The number of hydrogen-bond donors (Lipinski definition) is 1. The van der Waals surface area contributed by atoms with E-state index < -0.39 is 28.8 Å². The van der Waals surface area contributed by atoms with E-state index in [0.717, 1.165) is 27.8 Å². The van der Waals surface area contributed by atoms with Gasteiger partial charge in [0.05, 0.1) is 11.3 Å². The van der Waals surface area contributed by atoms with Crippen LogP contribution >= 0.6 is 0 Å². The summed E-state index contributed by atoms with van der Waals surface area (Å²) in [5.74, 6) is -1.33. The maximum Gasteiger partial charge on any atom is 0.416 e. The zero-order valence-corrected chi connectivity index (χ0v) is 16.5. The van der Waals surface area contributed by atoms with Gasteiger partial charge in [0, 0.05) is 37.7 Å². The van der Waals surface area contributed by atoms with Crippen molar-refractivity contribution in [3.63, 3.8) is 0 Å². The minimum atomic E-state index is -4.55. The van der Waals surface area contributed by atoms with Crippen LogP contribution in [0.4, 0.5) is 13.2 Å². The highest BCUT2D eigenvalue weighted by atomic mass is 19.4. The molecule has 1 aromatic carbocycles. The molecule has 2 heterocycles. The van der Waals surface area contributed by atoms with E-state index in [1.165, 1.54) is 19.1 Å². The van der Waals surface area contributed by atoms with Crippen LogP contribution in [0, 0.1) is 6.92 Å². The SMILES string of the molecule is Cc1cc(=O)c(C(=O)NCCCN2C(=O)CCC2=O)nn1-c1cccc(C(F)(F)F)c1. The average molecular weight is 436 g/mol. The molecule has 1 fully saturated rings. The lowest BCUT2D eigenvalue weighted by Gasteiger charge is -2.14. The number of benzene rings is 1. The molecular formula is C20H19F3N4O4. The van der Waals surface area contributed by atoms with Crippen molar-refractivity contribution in [1.29, 1.82) is 0 Å². The minimum Gasteiger partial charge on any atom is -0.350 e. The number of amides is 3. The van der Waals surface area contributed by atoms with E-state index in [9.17, 15) is 32.3 Å². The number of imide groups is 1. The summed E-state index contributed by atoms with van der Waals surface area (Å²) in [7, 11) is 0. The number of likely N-dealkylation sites (tertiary alicyclic amines) is 1. The molecule has 3 rings (SSSR count). The van der Waals surface area contributed by atoms with Crippen LogP contribution in [0.15, 0.2) is 35.1 Å². The van der Waals surface area contributed by atoms with Crippen LogP contribution in [0.3, 0.4) is 0 Å². The summed E-state index contributed by atoms with van der Waals surface area (Å²) in [4.78, 5) is 48.8. The number of nitrogens with zero attached hydrogens (tertiary/aromatic N) is 3. The number of halogens is 3. The van der Waals surface area contributed by atoms with Gasteiger partial charge in [0.25, 0.3) is 5.91 Å². The Morgan fingerprint density at radius 1 is 1.13 bits per heavy atom. The van der Waals surface area contributed by atoms with Crippen molar-refractivity contribution in [2.45, 2.75) is 32.4 Å². The van der Waals surface area contributed by atoms with Gasteiger partial charge >= 0.3 is 6.18 Å². The molecule has 1 N–H and O–H groups in total. The predicted molar refractivity (Wildman–Crippen MR) is 102 cm³/mol. The fourth-order valence-corrected chi connectivity index (χ4v) is 3.18. The predicted octanol–water partition coefficient (Wildman–Crippen LogP) is 1.83. The summed E-state index contributed by atoms with van der Waals surface area (Å²) >= 11 is 0. The third kappa shape index (κ3) is 4.98. The van der Waals surface area contributed by atoms with Crippen molar-refractivity contribution in [3.05, 3.63) is 57.5 Å². The second-order valence-electron chi connectivity index (χ2n) is 7.01. The van der Waals surface area contributed by atoms with Gasteiger partial charge in [0.2, 0.25) is 17.2 Å². The Morgan fingerprint density at radius 3 is 2.45 bits per heavy atom. The smallest absolute Gasteiger partial charge is 0.350 e. The second-order valence-corrected chi connectivity index (χ2v) is 7.01. The van der Waals surface area contributed by atoms with Crippen molar-refractivity contribution in [2.24, 2.45) is 0 Å². The van der Waals surface area contributed by atoms with Crippen LogP contribution in [-0.4, -0.2) is 45.5 Å². The van der Waals surface area contributed by atoms with Gasteiger partial charge in [-0.2, -0.15) is 18.3 Å². The molecular weight excluding hydrogens is 417 g/mol. The van der Waals surface area contributed by atoms with Crippen LogP contribution in [0.1, 0.15) is 41.0 Å². The molecule has 0 unspecified atom stereocenters. The Hall–Kier alpha value is -3.50. The molecule has 0 aliphatic carbocycles. The van der Waals surface area contributed by atoms with Gasteiger partial charge in [-0.3, -0.25) is 24.1 Å². The van der Waals surface area contributed by atoms with Gasteiger partial charge in [0.1, 0.15) is 0 Å². The molecule has 0 radical (unpaired) electrons. The Kier molecular flexibility index (Phi) is 6.23. The highest BCUT2D eigenvalue weighted by Crippen LogP contribution is 2.30. The van der Waals surface area contributed by atoms with Crippen molar-refractivity contribution in [1.82, 2.24) is 20.0 Å². The molecule has 0 spiro atoms. The molecule has 0 atom stereocenters. The molecule has 31 heavy (non-hydrogen) atoms. The summed E-state index contributed by atoms with van der Waals surface area (Å²) in [6, 6.07) is 5.48. The first-order valence-corrected chi connectivity index (χ1v) is 9.48. The molecule has 1 aliphatic rings. The number of nitrogens with one attached hydrogen (secondary N) is 1. The molecule has 8 nitrogen and oxygen atoms in total. The molecule has 11 heteroatoms. The van der Waals surface area contributed by atoms with E-state index in [1.807, 2.05) is 0 Å². The average Bonchev–Trinajstić information content (AvgIpc) is 3.02. The van der Waals surface area contributed by atoms with Crippen LogP contribution < -0.4 is 10.7 Å². The third-order valence-electron chi connectivity index (χ3n) is 4.74. The molecule has 0 bridgehead atoms. The first-order valence-electron chi connectivity index (χ1n) is 9.48. The number of carbonyl (C=O) groups is 3. The fourth-order valence-electron chi connectivity index (χ4n) is 3.18. The normalized spacial score (nSPS) is 14.3. The maximum atomic E-state index is 13.0. The number of alkyl halides is 3. The number of rotatable bonds is 6. The van der Waals surface area contributed by atoms with E-state index in [4.69, 9.17) is 0 Å². The lowest BCUT2D eigenvalue weighted by atomic mass is 10.2. The number of aryl methyl sites for hydroxylation is 1. The first kappa shape index (κ1) is 22.2. The van der Waals surface area contributed by atoms with E-state index in [1.54, 1.807) is 0 Å². The number of carbonyl (C=O) groups excluding carboxylic acids is 3. The third-order valence-corrected chi connectivity index (χ3v) is 4.74. The summed E-state index contributed by atoms with van der Waals surface area (Å²) in [5, 5.41) is 6.43. The van der Waals surface area contributed by atoms with Crippen LogP contribution in [0.25, 0.3) is 5.69 Å². The molecule has 164 valence electrons. The first-order chi connectivity index (χ1) is 14.6. The zero-order chi connectivity index (χ0) is 22.8. The Morgan fingerprint density at radius 2 is 1.81 bits per heavy atom. The minimum absolute atomic E-state index is 0.0485. The van der Waals surface area contributed by atoms with Crippen molar-refractivity contribution < 1.29 is 27.6 Å². The second kappa shape index (κ2) is 8.70. The molecule has 1 aliphatic heterocycles. The lowest BCUT2D eigenvalue weighted by molar-refractivity contribution is -0.139. The van der Waals surface area contributed by atoms with Gasteiger partial charge in [0.15, 0.2) is 5.69 Å². The summed E-state index contributed by atoms with van der Waals surface area (Å²) in [6.45, 7) is 1.71. The Balaban J connectivity index is 1.73. The van der Waals surface area contributed by atoms with E-state index in [2.05, 4.69) is 10.4 Å². The van der Waals surface area contributed by atoms with Gasteiger partial charge in [-0.1, -0.05) is 6.07 Å². The van der Waals surface area contributed by atoms with Crippen molar-refractivity contribution in [2.75, 3.05) is 13.1 Å². The zero-order valence-electron chi connectivity index (χ0n) is 16.5. The standard InChI is InChI=1S/C20H19F3N4O4/c1-12-10-15(28)18(19(31)24-8-3-9-26-16(29)6-7-17(26)30)25-27(12)14-5-2-4-13(11-14)20(21,22)23/h2,4-5,10-11H,3,6-9H2,1H3,(H,24,31). The van der Waals surface area contributed by atoms with Crippen molar-refractivity contribution >= 4 is 17.7 Å². The molecule has 3 amide bonds. The van der Waals surface area contributed by atoms with E-state index in [-0.39, 0.29) is 55.5 Å². The van der Waals surface area contributed by atoms with Gasteiger partial charge in [-0.25, -0.2) is 4.68 Å². The van der Waals surface area contributed by atoms with Gasteiger partial charge in [-0.05, 0) is 31.5 Å². The summed E-state index contributed by atoms with van der Waals surface area (Å²) in [5.41, 5.74) is -1.74. The maximum absolute atomic E-state index is 13.0. The topological polar surface area (TPSA) is 101 Å². The fraction of sp³-hybridized carbons (Fsp3) is 0.350. The van der Waals surface area contributed by atoms with Gasteiger partial charge in [-0.15, -0.1) is 0 Å². The van der Waals surface area contributed by atoms with Crippen LogP contribution in [-0.2, 0) is 15.8 Å². The Bertz CT molecular complexity index is 1080. The number of aromatic nitrogens is 2. The van der Waals surface area contributed by atoms with Crippen LogP contribution in [0.2, 0.25) is 0 Å². The van der Waals surface area contributed by atoms with E-state index in [0.29, 0.717) is 0 Å². The number of hydrogen-bond acceptors (Lipinski definition) is 5. The van der Waals surface area contributed by atoms with E-state index >= 15 is 0 Å². The molecule has 1 saturated heterocycles. The Labute approximate surface area is 174 Å². The molecule has 1 aromatic heterocycles. The molecule has 0 saturated carbocycles. The van der Waals surface area contributed by atoms with Crippen LogP contribution in [0.5, 0.6) is 0 Å². The highest BCUT2D eigenvalue weighted by molar-refractivity contribution is 6.01. The summed E-state index contributed by atoms with van der Waals surface area (Å²) in [6.07, 6.45) is -3.92. The highest BCUT2D eigenvalue weighted by Gasteiger charge is 2.31. The van der Waals surface area contributed by atoms with Crippen molar-refractivity contribution in [3.8, 4) is 5.69 Å².